The summed E-state index contributed by atoms with van der Waals surface area (Å²) in [6.45, 7) is 7.20. The molecular formula is C17H24N2O. The molecule has 0 bridgehead atoms. The van der Waals surface area contributed by atoms with Gasteiger partial charge in [0.05, 0.1) is 6.04 Å². The van der Waals surface area contributed by atoms with E-state index in [9.17, 15) is 4.79 Å². The van der Waals surface area contributed by atoms with E-state index in [1.165, 1.54) is 11.1 Å². The van der Waals surface area contributed by atoms with Crippen molar-refractivity contribution in [3.05, 3.63) is 35.4 Å². The molecule has 1 aromatic carbocycles. The molecule has 20 heavy (non-hydrogen) atoms. The maximum atomic E-state index is 12.7. The number of carbonyl (C=O) groups is 1. The van der Waals surface area contributed by atoms with E-state index in [1.54, 1.807) is 0 Å². The van der Waals surface area contributed by atoms with Crippen LogP contribution in [0.3, 0.4) is 0 Å². The van der Waals surface area contributed by atoms with Gasteiger partial charge in [-0.25, -0.2) is 0 Å². The normalized spacial score (nSPS) is 29.9. The fourth-order valence-corrected chi connectivity index (χ4v) is 3.31. The molecule has 0 aliphatic carbocycles. The van der Waals surface area contributed by atoms with Gasteiger partial charge in [0.1, 0.15) is 0 Å². The van der Waals surface area contributed by atoms with Crippen LogP contribution in [0.1, 0.15) is 31.4 Å². The molecule has 3 heteroatoms. The fraction of sp³-hybridized carbons (Fsp3) is 0.588. The quantitative estimate of drug-likeness (QED) is 0.850. The second-order valence-corrected chi connectivity index (χ2v) is 6.43. The molecule has 0 radical (unpaired) electrons. The molecule has 0 spiro atoms. The lowest BCUT2D eigenvalue weighted by Crippen LogP contribution is -2.52. The number of nitrogens with one attached hydrogen (secondary N) is 1. The molecule has 3 rings (SSSR count). The van der Waals surface area contributed by atoms with Crippen molar-refractivity contribution in [3.63, 3.8) is 0 Å². The third-order valence-corrected chi connectivity index (χ3v) is 5.03. The van der Waals surface area contributed by atoms with Gasteiger partial charge < -0.3 is 10.2 Å². The van der Waals surface area contributed by atoms with Crippen LogP contribution in [-0.2, 0) is 17.8 Å². The lowest BCUT2D eigenvalue weighted by molar-refractivity contribution is -0.136. The van der Waals surface area contributed by atoms with Gasteiger partial charge in [-0.05, 0) is 35.8 Å². The Morgan fingerprint density at radius 2 is 1.95 bits per heavy atom. The van der Waals surface area contributed by atoms with Crippen LogP contribution in [0.4, 0.5) is 0 Å². The number of benzene rings is 1. The number of piperidine rings is 1. The van der Waals surface area contributed by atoms with Crippen LogP contribution in [0.5, 0.6) is 0 Å². The number of amides is 1. The van der Waals surface area contributed by atoms with Gasteiger partial charge in [0.15, 0.2) is 0 Å². The van der Waals surface area contributed by atoms with Crippen molar-refractivity contribution < 1.29 is 4.79 Å². The molecular weight excluding hydrogens is 248 g/mol. The van der Waals surface area contributed by atoms with Crippen molar-refractivity contribution in [2.45, 2.75) is 39.3 Å². The summed E-state index contributed by atoms with van der Waals surface area (Å²) >= 11 is 0. The van der Waals surface area contributed by atoms with Gasteiger partial charge in [0.25, 0.3) is 0 Å². The summed E-state index contributed by atoms with van der Waals surface area (Å²) in [7, 11) is 0. The first-order chi connectivity index (χ1) is 9.65. The summed E-state index contributed by atoms with van der Waals surface area (Å²) in [5.74, 6) is 1.64. The van der Waals surface area contributed by atoms with Gasteiger partial charge in [-0.2, -0.15) is 0 Å². The molecule has 3 atom stereocenters. The molecule has 2 heterocycles. The monoisotopic (exact) mass is 272 g/mol. The fourth-order valence-electron chi connectivity index (χ4n) is 3.31. The zero-order valence-corrected chi connectivity index (χ0v) is 12.4. The standard InChI is InChI=1S/C17H24N2O/c1-12-7-8-19(11-13(12)2)17(20)16-9-14-5-3-4-6-15(14)10-18-16/h3-6,12-13,16,18H,7-11H2,1-2H3/t12?,13?,16-/m1/s1. The summed E-state index contributed by atoms with van der Waals surface area (Å²) in [5, 5.41) is 3.41. The predicted molar refractivity (Wildman–Crippen MR) is 80.3 cm³/mol. The molecule has 1 N–H and O–H groups in total. The first kappa shape index (κ1) is 13.6. The average molecular weight is 272 g/mol. The first-order valence-electron chi connectivity index (χ1n) is 7.74. The molecule has 3 nitrogen and oxygen atoms in total. The molecule has 1 aromatic rings. The van der Waals surface area contributed by atoms with E-state index in [-0.39, 0.29) is 6.04 Å². The Labute approximate surface area is 121 Å². The predicted octanol–water partition coefficient (Wildman–Crippen LogP) is 2.21. The number of hydrogen-bond donors (Lipinski definition) is 1. The smallest absolute Gasteiger partial charge is 0.240 e. The number of rotatable bonds is 1. The highest BCUT2D eigenvalue weighted by atomic mass is 16.2. The molecule has 108 valence electrons. The Morgan fingerprint density at radius 3 is 2.70 bits per heavy atom. The number of likely N-dealkylation sites (tertiary alicyclic amines) is 1. The minimum atomic E-state index is -0.0366. The minimum absolute atomic E-state index is 0.0366. The highest BCUT2D eigenvalue weighted by Gasteiger charge is 2.31. The number of nitrogens with zero attached hydrogens (tertiary/aromatic N) is 1. The van der Waals surface area contributed by atoms with E-state index < -0.39 is 0 Å². The van der Waals surface area contributed by atoms with Gasteiger partial charge in [-0.1, -0.05) is 38.1 Å². The Hall–Kier alpha value is -1.35. The molecule has 2 unspecified atom stereocenters. The second kappa shape index (κ2) is 5.57. The molecule has 2 aliphatic rings. The Morgan fingerprint density at radius 1 is 1.20 bits per heavy atom. The third-order valence-electron chi connectivity index (χ3n) is 5.03. The van der Waals surface area contributed by atoms with E-state index in [4.69, 9.17) is 0 Å². The molecule has 0 saturated carbocycles. The Balaban J connectivity index is 1.67. The van der Waals surface area contributed by atoms with Crippen molar-refractivity contribution in [2.24, 2.45) is 11.8 Å². The van der Waals surface area contributed by atoms with Crippen molar-refractivity contribution in [2.75, 3.05) is 13.1 Å². The molecule has 1 fully saturated rings. The van der Waals surface area contributed by atoms with Gasteiger partial charge in [-0.3, -0.25) is 4.79 Å². The van der Waals surface area contributed by atoms with Gasteiger partial charge in [0, 0.05) is 19.6 Å². The van der Waals surface area contributed by atoms with Gasteiger partial charge in [0.2, 0.25) is 5.91 Å². The lowest BCUT2D eigenvalue weighted by Gasteiger charge is -2.38. The van der Waals surface area contributed by atoms with Crippen LogP contribution in [0.25, 0.3) is 0 Å². The third kappa shape index (κ3) is 2.59. The Kier molecular flexibility index (Phi) is 3.79. The number of fused-ring (bicyclic) bond motifs is 1. The summed E-state index contributed by atoms with van der Waals surface area (Å²) in [4.78, 5) is 14.7. The van der Waals surface area contributed by atoms with Crippen molar-refractivity contribution >= 4 is 5.91 Å². The molecule has 1 amide bonds. The first-order valence-corrected chi connectivity index (χ1v) is 7.74. The topological polar surface area (TPSA) is 32.3 Å². The van der Waals surface area contributed by atoms with Crippen LogP contribution in [-0.4, -0.2) is 29.9 Å². The highest BCUT2D eigenvalue weighted by Crippen LogP contribution is 2.24. The zero-order valence-electron chi connectivity index (χ0n) is 12.4. The SMILES string of the molecule is CC1CCN(C(=O)[C@H]2Cc3ccccc3CN2)CC1C. The summed E-state index contributed by atoms with van der Waals surface area (Å²) < 4.78 is 0. The van der Waals surface area contributed by atoms with E-state index in [0.29, 0.717) is 11.8 Å². The van der Waals surface area contributed by atoms with Gasteiger partial charge in [-0.15, -0.1) is 0 Å². The van der Waals surface area contributed by atoms with Crippen LogP contribution in [0.2, 0.25) is 0 Å². The molecule has 1 saturated heterocycles. The molecule has 2 aliphatic heterocycles. The number of carbonyl (C=O) groups excluding carboxylic acids is 1. The molecule has 0 aromatic heterocycles. The maximum Gasteiger partial charge on any atom is 0.240 e. The van der Waals surface area contributed by atoms with Crippen LogP contribution < -0.4 is 5.32 Å². The van der Waals surface area contributed by atoms with Gasteiger partial charge >= 0.3 is 0 Å². The van der Waals surface area contributed by atoms with Crippen LogP contribution in [0, 0.1) is 11.8 Å². The average Bonchev–Trinajstić information content (AvgIpc) is 2.49. The highest BCUT2D eigenvalue weighted by molar-refractivity contribution is 5.82. The minimum Gasteiger partial charge on any atom is -0.341 e. The largest absolute Gasteiger partial charge is 0.341 e. The summed E-state index contributed by atoms with van der Waals surface area (Å²) in [6.07, 6.45) is 1.96. The summed E-state index contributed by atoms with van der Waals surface area (Å²) in [6, 6.07) is 8.39. The van der Waals surface area contributed by atoms with Crippen molar-refractivity contribution in [1.82, 2.24) is 10.2 Å². The Bertz CT molecular complexity index is 500. The summed E-state index contributed by atoms with van der Waals surface area (Å²) in [5.41, 5.74) is 2.65. The van der Waals surface area contributed by atoms with Crippen molar-refractivity contribution in [1.29, 1.82) is 0 Å². The van der Waals surface area contributed by atoms with Crippen molar-refractivity contribution in [3.8, 4) is 0 Å². The van der Waals surface area contributed by atoms with Crippen LogP contribution >= 0.6 is 0 Å². The maximum absolute atomic E-state index is 12.7. The second-order valence-electron chi connectivity index (χ2n) is 6.43. The lowest BCUT2D eigenvalue weighted by atomic mass is 9.87. The van der Waals surface area contributed by atoms with E-state index >= 15 is 0 Å². The van der Waals surface area contributed by atoms with Crippen LogP contribution in [0.15, 0.2) is 24.3 Å². The zero-order chi connectivity index (χ0) is 14.1. The van der Waals surface area contributed by atoms with E-state index in [0.717, 1.165) is 38.4 Å². The van der Waals surface area contributed by atoms with E-state index in [1.807, 2.05) is 0 Å². The van der Waals surface area contributed by atoms with E-state index in [2.05, 4.69) is 48.3 Å². The number of hydrogen-bond acceptors (Lipinski definition) is 2.